The fraction of sp³-hybridized carbons (Fsp3) is 0.875. The van der Waals surface area contributed by atoms with Crippen LogP contribution < -0.4 is 5.32 Å². The normalized spacial score (nSPS) is 18.9. The van der Waals surface area contributed by atoms with Crippen molar-refractivity contribution in [2.45, 2.75) is 84.2 Å². The summed E-state index contributed by atoms with van der Waals surface area (Å²) in [4.78, 5) is 0. The third-order valence-corrected chi connectivity index (χ3v) is 5.22. The predicted molar refractivity (Wildman–Crippen MR) is 86.1 cm³/mol. The summed E-state index contributed by atoms with van der Waals surface area (Å²) in [7, 11) is 0. The number of nitrogens with zero attached hydrogens (tertiary/aromatic N) is 2. The molecule has 114 valence electrons. The van der Waals surface area contributed by atoms with Crippen molar-refractivity contribution in [3.8, 4) is 0 Å². The second kappa shape index (κ2) is 6.10. The standard InChI is InChI=1S/C16H29N3S/c1-12(2)10-16(8-6-7-9-16)14-19-18-13(20-14)11-17-15(3,4)5/h12,17H,6-11H2,1-5H3. The lowest BCUT2D eigenvalue weighted by Crippen LogP contribution is -2.35. The highest BCUT2D eigenvalue weighted by Gasteiger charge is 2.39. The van der Waals surface area contributed by atoms with Crippen LogP contribution in [0.5, 0.6) is 0 Å². The molecule has 4 heteroatoms. The summed E-state index contributed by atoms with van der Waals surface area (Å²) in [6.45, 7) is 12.0. The van der Waals surface area contributed by atoms with Gasteiger partial charge < -0.3 is 5.32 Å². The minimum Gasteiger partial charge on any atom is -0.306 e. The number of hydrogen-bond donors (Lipinski definition) is 1. The molecule has 1 aliphatic carbocycles. The molecule has 1 saturated carbocycles. The maximum absolute atomic E-state index is 4.55. The molecule has 0 radical (unpaired) electrons. The topological polar surface area (TPSA) is 37.8 Å². The van der Waals surface area contributed by atoms with Gasteiger partial charge in [-0.05, 0) is 46.0 Å². The molecule has 0 aliphatic heterocycles. The summed E-state index contributed by atoms with van der Waals surface area (Å²) in [5.41, 5.74) is 0.459. The van der Waals surface area contributed by atoms with Crippen molar-refractivity contribution in [2.24, 2.45) is 5.92 Å². The lowest BCUT2D eigenvalue weighted by Gasteiger charge is -2.28. The van der Waals surface area contributed by atoms with Crippen LogP contribution in [0.25, 0.3) is 0 Å². The average Bonchev–Trinajstić information content (AvgIpc) is 2.93. The van der Waals surface area contributed by atoms with Crippen LogP contribution in [0, 0.1) is 5.92 Å². The lowest BCUT2D eigenvalue weighted by molar-refractivity contribution is 0.343. The van der Waals surface area contributed by atoms with Crippen LogP contribution in [-0.2, 0) is 12.0 Å². The SMILES string of the molecule is CC(C)CC1(c2nnc(CNC(C)(C)C)s2)CCCC1. The Morgan fingerprint density at radius 1 is 1.20 bits per heavy atom. The molecule has 0 unspecified atom stereocenters. The van der Waals surface area contributed by atoms with Gasteiger partial charge in [0.15, 0.2) is 0 Å². The summed E-state index contributed by atoms with van der Waals surface area (Å²) >= 11 is 1.83. The van der Waals surface area contributed by atoms with Gasteiger partial charge in [0.05, 0.1) is 6.54 Å². The van der Waals surface area contributed by atoms with Crippen LogP contribution in [0.2, 0.25) is 0 Å². The second-order valence-corrected chi connectivity index (χ2v) is 8.75. The molecule has 1 aliphatic rings. The lowest BCUT2D eigenvalue weighted by atomic mass is 9.79. The van der Waals surface area contributed by atoms with Crippen molar-refractivity contribution in [1.29, 1.82) is 0 Å². The van der Waals surface area contributed by atoms with Crippen LogP contribution in [-0.4, -0.2) is 15.7 Å². The van der Waals surface area contributed by atoms with E-state index in [2.05, 4.69) is 50.1 Å². The number of hydrogen-bond acceptors (Lipinski definition) is 4. The first-order chi connectivity index (χ1) is 9.31. The average molecular weight is 295 g/mol. The molecule has 2 rings (SSSR count). The highest BCUT2D eigenvalue weighted by Crippen LogP contribution is 2.46. The van der Waals surface area contributed by atoms with E-state index in [0.29, 0.717) is 5.41 Å². The Labute approximate surface area is 127 Å². The maximum Gasteiger partial charge on any atom is 0.131 e. The first kappa shape index (κ1) is 15.9. The minimum absolute atomic E-state index is 0.134. The summed E-state index contributed by atoms with van der Waals surface area (Å²) < 4.78 is 0. The zero-order chi connectivity index (χ0) is 14.8. The molecule has 1 fully saturated rings. The summed E-state index contributed by atoms with van der Waals surface area (Å²) in [5, 5.41) is 14.9. The largest absolute Gasteiger partial charge is 0.306 e. The monoisotopic (exact) mass is 295 g/mol. The molecule has 0 amide bonds. The van der Waals surface area contributed by atoms with E-state index in [1.54, 1.807) is 0 Å². The van der Waals surface area contributed by atoms with Crippen LogP contribution >= 0.6 is 11.3 Å². The van der Waals surface area contributed by atoms with Crippen LogP contribution in [0.3, 0.4) is 0 Å². The Morgan fingerprint density at radius 3 is 2.40 bits per heavy atom. The van der Waals surface area contributed by atoms with E-state index in [-0.39, 0.29) is 5.54 Å². The summed E-state index contributed by atoms with van der Waals surface area (Å²) in [6.07, 6.45) is 6.55. The van der Waals surface area contributed by atoms with Gasteiger partial charge in [-0.25, -0.2) is 0 Å². The molecular weight excluding hydrogens is 266 g/mol. The van der Waals surface area contributed by atoms with E-state index < -0.39 is 0 Å². The Bertz CT molecular complexity index is 425. The van der Waals surface area contributed by atoms with Crippen molar-refractivity contribution in [1.82, 2.24) is 15.5 Å². The fourth-order valence-electron chi connectivity index (χ4n) is 3.22. The van der Waals surface area contributed by atoms with Crippen LogP contribution in [0.1, 0.15) is 76.7 Å². The molecule has 1 aromatic heterocycles. The van der Waals surface area contributed by atoms with Gasteiger partial charge in [-0.3, -0.25) is 0 Å². The molecule has 0 aromatic carbocycles. The van der Waals surface area contributed by atoms with Gasteiger partial charge >= 0.3 is 0 Å². The second-order valence-electron chi connectivity index (χ2n) is 7.69. The highest BCUT2D eigenvalue weighted by atomic mass is 32.1. The van der Waals surface area contributed by atoms with Gasteiger partial charge in [-0.15, -0.1) is 10.2 Å². The highest BCUT2D eigenvalue weighted by molar-refractivity contribution is 7.11. The van der Waals surface area contributed by atoms with Crippen LogP contribution in [0.15, 0.2) is 0 Å². The smallest absolute Gasteiger partial charge is 0.131 e. The summed E-state index contributed by atoms with van der Waals surface area (Å²) in [5.74, 6) is 0.730. The molecule has 20 heavy (non-hydrogen) atoms. The van der Waals surface area contributed by atoms with Gasteiger partial charge in [0, 0.05) is 11.0 Å². The Balaban J connectivity index is 2.09. The third-order valence-electron chi connectivity index (χ3n) is 4.05. The molecule has 1 N–H and O–H groups in total. The van der Waals surface area contributed by atoms with Crippen molar-refractivity contribution >= 4 is 11.3 Å². The summed E-state index contributed by atoms with van der Waals surface area (Å²) in [6, 6.07) is 0. The van der Waals surface area contributed by atoms with Crippen LogP contribution in [0.4, 0.5) is 0 Å². The molecule has 1 aromatic rings. The maximum atomic E-state index is 4.55. The van der Waals surface area contributed by atoms with Crippen molar-refractivity contribution in [3.63, 3.8) is 0 Å². The Morgan fingerprint density at radius 2 is 1.85 bits per heavy atom. The van der Waals surface area contributed by atoms with E-state index in [1.807, 2.05) is 11.3 Å². The van der Waals surface area contributed by atoms with E-state index in [0.717, 1.165) is 17.5 Å². The van der Waals surface area contributed by atoms with Gasteiger partial charge in [-0.1, -0.05) is 38.0 Å². The molecule has 0 bridgehead atoms. The molecular formula is C16H29N3S. The quantitative estimate of drug-likeness (QED) is 0.881. The zero-order valence-corrected chi connectivity index (χ0v) is 14.4. The van der Waals surface area contributed by atoms with Gasteiger partial charge in [0.25, 0.3) is 0 Å². The first-order valence-electron chi connectivity index (χ1n) is 7.89. The molecule has 0 atom stereocenters. The Hall–Kier alpha value is -0.480. The van der Waals surface area contributed by atoms with Gasteiger partial charge in [0.2, 0.25) is 0 Å². The van der Waals surface area contributed by atoms with Gasteiger partial charge in [-0.2, -0.15) is 0 Å². The van der Waals surface area contributed by atoms with Crippen molar-refractivity contribution < 1.29 is 0 Å². The van der Waals surface area contributed by atoms with Crippen molar-refractivity contribution in [3.05, 3.63) is 10.0 Å². The number of aromatic nitrogens is 2. The molecule has 0 saturated heterocycles. The number of rotatable bonds is 5. The minimum atomic E-state index is 0.134. The van der Waals surface area contributed by atoms with E-state index in [9.17, 15) is 0 Å². The van der Waals surface area contributed by atoms with Gasteiger partial charge in [0.1, 0.15) is 10.0 Å². The number of nitrogens with one attached hydrogen (secondary N) is 1. The predicted octanol–water partition coefficient (Wildman–Crippen LogP) is 4.28. The van der Waals surface area contributed by atoms with E-state index >= 15 is 0 Å². The molecule has 0 spiro atoms. The Kier molecular flexibility index (Phi) is 4.85. The van der Waals surface area contributed by atoms with E-state index in [1.165, 1.54) is 37.1 Å². The molecule has 3 nitrogen and oxygen atoms in total. The van der Waals surface area contributed by atoms with Crippen molar-refractivity contribution in [2.75, 3.05) is 0 Å². The molecule has 1 heterocycles. The third kappa shape index (κ3) is 4.01. The first-order valence-corrected chi connectivity index (χ1v) is 8.70. The fourth-order valence-corrected chi connectivity index (χ4v) is 4.25. The zero-order valence-electron chi connectivity index (χ0n) is 13.6. The van der Waals surface area contributed by atoms with E-state index in [4.69, 9.17) is 0 Å².